The topological polar surface area (TPSA) is 29.4 Å². The number of hydrogen-bond donors (Lipinski definition) is 1. The zero-order valence-electron chi connectivity index (χ0n) is 15.1. The van der Waals surface area contributed by atoms with E-state index in [-0.39, 0.29) is 0 Å². The Morgan fingerprint density at radius 3 is 2.71 bits per heavy atom. The second-order valence-electron chi connectivity index (χ2n) is 7.70. The number of nitrogens with one attached hydrogen (secondary N) is 1. The summed E-state index contributed by atoms with van der Waals surface area (Å²) in [7, 11) is 0. The smallest absolute Gasteiger partial charge is 0.120 e. The van der Waals surface area contributed by atoms with Crippen LogP contribution < -0.4 is 10.1 Å². The first-order valence-electron chi connectivity index (χ1n) is 9.36. The third-order valence-corrected chi connectivity index (χ3v) is 5.56. The molecule has 1 fully saturated rings. The first-order valence-corrected chi connectivity index (χ1v) is 9.36. The molecule has 2 aromatic rings. The van der Waals surface area contributed by atoms with Gasteiger partial charge >= 0.3 is 0 Å². The lowest BCUT2D eigenvalue weighted by molar-refractivity contribution is 0.0844. The van der Waals surface area contributed by atoms with Crippen molar-refractivity contribution in [2.24, 2.45) is 0 Å². The molecule has 4 heteroatoms. The van der Waals surface area contributed by atoms with Crippen LogP contribution in [-0.4, -0.2) is 40.7 Å². The summed E-state index contributed by atoms with van der Waals surface area (Å²) >= 11 is 0. The lowest BCUT2D eigenvalue weighted by atomic mass is 10.1. The summed E-state index contributed by atoms with van der Waals surface area (Å²) in [6.45, 7) is 11.1. The van der Waals surface area contributed by atoms with Gasteiger partial charge in [-0.3, -0.25) is 0 Å². The minimum Gasteiger partial charge on any atom is -0.490 e. The Kier molecular flexibility index (Phi) is 4.27. The standard InChI is InChI=1S/C20H29N3O/c1-14(2)22-8-6-18(7-9-22)24-19-4-5-20-16(11-19)10-17-12-21-15(3)13-23(17)20/h4-5,10-11,14-15,18,21H,6-9,12-13H2,1-3H3/t15-/m0/s1. The van der Waals surface area contributed by atoms with Gasteiger partial charge in [0.1, 0.15) is 11.9 Å². The summed E-state index contributed by atoms with van der Waals surface area (Å²) in [5.41, 5.74) is 2.71. The minimum absolute atomic E-state index is 0.358. The van der Waals surface area contributed by atoms with Gasteiger partial charge < -0.3 is 19.5 Å². The van der Waals surface area contributed by atoms with Crippen molar-refractivity contribution < 1.29 is 4.74 Å². The predicted octanol–water partition coefficient (Wildman–Crippen LogP) is 3.38. The van der Waals surface area contributed by atoms with Gasteiger partial charge in [0.15, 0.2) is 0 Å². The van der Waals surface area contributed by atoms with Crippen molar-refractivity contribution in [2.75, 3.05) is 13.1 Å². The Hall–Kier alpha value is -1.52. The molecule has 24 heavy (non-hydrogen) atoms. The van der Waals surface area contributed by atoms with E-state index >= 15 is 0 Å². The summed E-state index contributed by atoms with van der Waals surface area (Å²) in [5.74, 6) is 1.02. The van der Waals surface area contributed by atoms with Gasteiger partial charge in [-0.05, 0) is 57.9 Å². The van der Waals surface area contributed by atoms with Crippen molar-refractivity contribution in [2.45, 2.75) is 64.9 Å². The molecule has 0 amide bonds. The predicted molar refractivity (Wildman–Crippen MR) is 98.6 cm³/mol. The van der Waals surface area contributed by atoms with E-state index in [9.17, 15) is 0 Å². The minimum atomic E-state index is 0.358. The second kappa shape index (κ2) is 6.41. The van der Waals surface area contributed by atoms with Crippen LogP contribution in [0.4, 0.5) is 0 Å². The molecule has 4 rings (SSSR count). The SMILES string of the molecule is CC(C)N1CCC(Oc2ccc3c(c2)cc2n3C[C@H](C)NC2)CC1. The number of nitrogens with zero attached hydrogens (tertiary/aromatic N) is 2. The fourth-order valence-corrected chi connectivity index (χ4v) is 4.06. The molecule has 0 aliphatic carbocycles. The lowest BCUT2D eigenvalue weighted by Crippen LogP contribution is -2.41. The van der Waals surface area contributed by atoms with E-state index in [1.165, 1.54) is 16.6 Å². The Morgan fingerprint density at radius 2 is 1.96 bits per heavy atom. The molecule has 1 saturated heterocycles. The van der Waals surface area contributed by atoms with E-state index in [4.69, 9.17) is 4.74 Å². The van der Waals surface area contributed by atoms with Crippen molar-refractivity contribution >= 4 is 10.9 Å². The fourth-order valence-electron chi connectivity index (χ4n) is 4.06. The van der Waals surface area contributed by atoms with Gasteiger partial charge in [0.25, 0.3) is 0 Å². The van der Waals surface area contributed by atoms with Crippen LogP contribution >= 0.6 is 0 Å². The maximum absolute atomic E-state index is 6.29. The zero-order valence-corrected chi connectivity index (χ0v) is 15.1. The van der Waals surface area contributed by atoms with Crippen LogP contribution in [0.3, 0.4) is 0 Å². The lowest BCUT2D eigenvalue weighted by Gasteiger charge is -2.34. The molecule has 0 bridgehead atoms. The summed E-state index contributed by atoms with van der Waals surface area (Å²) < 4.78 is 8.74. The number of ether oxygens (including phenoxy) is 1. The molecule has 3 heterocycles. The Balaban J connectivity index is 1.48. The summed E-state index contributed by atoms with van der Waals surface area (Å²) in [6, 6.07) is 10.1. The maximum Gasteiger partial charge on any atom is 0.120 e. The monoisotopic (exact) mass is 327 g/mol. The van der Waals surface area contributed by atoms with Crippen LogP contribution in [0, 0.1) is 0 Å². The molecular formula is C20H29N3O. The van der Waals surface area contributed by atoms with E-state index in [0.717, 1.165) is 44.8 Å². The fraction of sp³-hybridized carbons (Fsp3) is 0.600. The van der Waals surface area contributed by atoms with Gasteiger partial charge in [-0.15, -0.1) is 0 Å². The Bertz CT molecular complexity index is 713. The van der Waals surface area contributed by atoms with Gasteiger partial charge in [-0.1, -0.05) is 0 Å². The van der Waals surface area contributed by atoms with Gasteiger partial charge in [0.05, 0.1) is 0 Å². The van der Waals surface area contributed by atoms with Crippen LogP contribution in [0.15, 0.2) is 24.3 Å². The van der Waals surface area contributed by atoms with Crippen LogP contribution in [0.2, 0.25) is 0 Å². The highest BCUT2D eigenvalue weighted by atomic mass is 16.5. The van der Waals surface area contributed by atoms with Gasteiger partial charge in [-0.25, -0.2) is 0 Å². The number of fused-ring (bicyclic) bond motifs is 3. The van der Waals surface area contributed by atoms with Crippen molar-refractivity contribution in [3.8, 4) is 5.75 Å². The number of rotatable bonds is 3. The molecule has 0 saturated carbocycles. The highest BCUT2D eigenvalue weighted by Gasteiger charge is 2.22. The summed E-state index contributed by atoms with van der Waals surface area (Å²) in [4.78, 5) is 2.54. The maximum atomic E-state index is 6.29. The van der Waals surface area contributed by atoms with Gasteiger partial charge in [0.2, 0.25) is 0 Å². The van der Waals surface area contributed by atoms with E-state index in [1.807, 2.05) is 0 Å². The largest absolute Gasteiger partial charge is 0.490 e. The van der Waals surface area contributed by atoms with Gasteiger partial charge in [-0.2, -0.15) is 0 Å². The molecule has 130 valence electrons. The summed E-state index contributed by atoms with van der Waals surface area (Å²) in [6.07, 6.45) is 2.62. The summed E-state index contributed by atoms with van der Waals surface area (Å²) in [5, 5.41) is 4.84. The molecule has 1 aromatic carbocycles. The highest BCUT2D eigenvalue weighted by molar-refractivity contribution is 5.83. The van der Waals surface area contributed by atoms with Crippen LogP contribution in [0.25, 0.3) is 10.9 Å². The third-order valence-electron chi connectivity index (χ3n) is 5.56. The van der Waals surface area contributed by atoms with Crippen LogP contribution in [0.5, 0.6) is 5.75 Å². The van der Waals surface area contributed by atoms with Crippen molar-refractivity contribution in [1.29, 1.82) is 0 Å². The first-order chi connectivity index (χ1) is 11.6. The molecule has 2 aliphatic rings. The van der Waals surface area contributed by atoms with Crippen LogP contribution in [0.1, 0.15) is 39.3 Å². The van der Waals surface area contributed by atoms with Crippen LogP contribution in [-0.2, 0) is 13.1 Å². The molecule has 2 aliphatic heterocycles. The van der Waals surface area contributed by atoms with Gasteiger partial charge in [0, 0.05) is 54.9 Å². The molecule has 0 unspecified atom stereocenters. The molecule has 1 N–H and O–H groups in total. The number of piperidine rings is 1. The quantitative estimate of drug-likeness (QED) is 0.937. The first kappa shape index (κ1) is 16.0. The second-order valence-corrected chi connectivity index (χ2v) is 7.70. The third kappa shape index (κ3) is 3.05. The molecule has 0 spiro atoms. The normalized spacial score (nSPS) is 22.9. The highest BCUT2D eigenvalue weighted by Crippen LogP contribution is 2.28. The van der Waals surface area contributed by atoms with Crippen molar-refractivity contribution in [3.05, 3.63) is 30.0 Å². The molecule has 4 nitrogen and oxygen atoms in total. The van der Waals surface area contributed by atoms with E-state index in [0.29, 0.717) is 18.2 Å². The zero-order chi connectivity index (χ0) is 16.7. The number of hydrogen-bond acceptors (Lipinski definition) is 3. The van der Waals surface area contributed by atoms with E-state index < -0.39 is 0 Å². The average Bonchev–Trinajstić information content (AvgIpc) is 2.92. The molecule has 1 aromatic heterocycles. The molecular weight excluding hydrogens is 298 g/mol. The molecule has 0 radical (unpaired) electrons. The average molecular weight is 327 g/mol. The number of benzene rings is 1. The number of likely N-dealkylation sites (tertiary alicyclic amines) is 1. The van der Waals surface area contributed by atoms with E-state index in [2.05, 4.69) is 59.8 Å². The Morgan fingerprint density at radius 1 is 1.17 bits per heavy atom. The molecule has 1 atom stereocenters. The van der Waals surface area contributed by atoms with E-state index in [1.54, 1.807) is 0 Å². The van der Waals surface area contributed by atoms with Crippen molar-refractivity contribution in [3.63, 3.8) is 0 Å². The number of aromatic nitrogens is 1. The van der Waals surface area contributed by atoms with Crippen molar-refractivity contribution in [1.82, 2.24) is 14.8 Å². The Labute approximate surface area is 144 Å².